The fourth-order valence-corrected chi connectivity index (χ4v) is 2.63. The lowest BCUT2D eigenvalue weighted by Gasteiger charge is -2.08. The van der Waals surface area contributed by atoms with Gasteiger partial charge in [0.2, 0.25) is 0 Å². The first kappa shape index (κ1) is 11.2. The maximum atomic E-state index is 10.6. The average Bonchev–Trinajstić information content (AvgIpc) is 2.41. The number of rotatable bonds is 2. The van der Waals surface area contributed by atoms with E-state index >= 15 is 0 Å². The number of carbonyl (C=O) groups is 1. The fraction of sp³-hybridized carbons (Fsp3) is 0.500. The molecular formula is C10H13N3O2S. The smallest absolute Gasteiger partial charge is 0.311 e. The van der Waals surface area contributed by atoms with Crippen LogP contribution in [-0.4, -0.2) is 32.5 Å². The third kappa shape index (κ3) is 2.44. The van der Waals surface area contributed by atoms with Crippen molar-refractivity contribution in [3.05, 3.63) is 17.1 Å². The molecule has 0 bridgehead atoms. The van der Waals surface area contributed by atoms with Gasteiger partial charge in [-0.2, -0.15) is 11.8 Å². The molecule has 1 aromatic heterocycles. The second kappa shape index (κ2) is 4.69. The molecule has 0 radical (unpaired) electrons. The molecule has 86 valence electrons. The summed E-state index contributed by atoms with van der Waals surface area (Å²) in [5.41, 5.74) is 7.76. The van der Waals surface area contributed by atoms with Gasteiger partial charge < -0.3 is 10.8 Å². The van der Waals surface area contributed by atoms with E-state index in [9.17, 15) is 4.79 Å². The van der Waals surface area contributed by atoms with Crippen LogP contribution in [0.4, 0.5) is 5.82 Å². The third-order valence-corrected chi connectivity index (χ3v) is 3.45. The predicted octanol–water partition coefficient (Wildman–Crippen LogP) is 0.518. The first-order chi connectivity index (χ1) is 7.66. The summed E-state index contributed by atoms with van der Waals surface area (Å²) in [6.07, 6.45) is 1.56. The molecule has 1 aromatic rings. The molecule has 1 aliphatic rings. The number of hydrogen-bond donors (Lipinski definition) is 2. The quantitative estimate of drug-likeness (QED) is 0.782. The zero-order valence-electron chi connectivity index (χ0n) is 8.77. The second-order valence-corrected chi connectivity index (χ2v) is 4.86. The summed E-state index contributed by atoms with van der Waals surface area (Å²) >= 11 is 1.86. The van der Waals surface area contributed by atoms with E-state index in [2.05, 4.69) is 9.97 Å². The monoisotopic (exact) mass is 239 g/mol. The van der Waals surface area contributed by atoms with Crippen LogP contribution in [0.2, 0.25) is 0 Å². The van der Waals surface area contributed by atoms with Crippen molar-refractivity contribution in [1.29, 1.82) is 0 Å². The normalized spacial score (nSPS) is 15.2. The number of aryl methyl sites for hydroxylation is 1. The topological polar surface area (TPSA) is 89.1 Å². The Labute approximate surface area is 97.5 Å². The van der Waals surface area contributed by atoms with E-state index in [1.807, 2.05) is 11.8 Å². The summed E-state index contributed by atoms with van der Waals surface area (Å²) in [6, 6.07) is 0. The van der Waals surface area contributed by atoms with Gasteiger partial charge in [-0.3, -0.25) is 4.79 Å². The number of aromatic nitrogens is 2. The Kier molecular flexibility index (Phi) is 3.28. The van der Waals surface area contributed by atoms with Gasteiger partial charge in [0.15, 0.2) is 0 Å². The predicted molar refractivity (Wildman–Crippen MR) is 62.5 cm³/mol. The van der Waals surface area contributed by atoms with Crippen LogP contribution in [0.5, 0.6) is 0 Å². The Morgan fingerprint density at radius 1 is 1.38 bits per heavy atom. The number of nitrogens with two attached hydrogens (primary N) is 1. The molecule has 0 saturated heterocycles. The van der Waals surface area contributed by atoms with Crippen molar-refractivity contribution in [3.8, 4) is 0 Å². The van der Waals surface area contributed by atoms with Crippen LogP contribution in [0.25, 0.3) is 0 Å². The molecule has 2 rings (SSSR count). The van der Waals surface area contributed by atoms with Crippen LogP contribution in [0.3, 0.4) is 0 Å². The van der Waals surface area contributed by atoms with E-state index in [1.54, 1.807) is 0 Å². The minimum Gasteiger partial charge on any atom is -0.481 e. The fourth-order valence-electron chi connectivity index (χ4n) is 1.74. The molecule has 0 unspecified atom stereocenters. The Balaban J connectivity index is 2.35. The van der Waals surface area contributed by atoms with E-state index < -0.39 is 5.97 Å². The summed E-state index contributed by atoms with van der Waals surface area (Å²) in [5.74, 6) is 1.87. The Bertz CT molecular complexity index is 423. The number of nitrogens with zero attached hydrogens (tertiary/aromatic N) is 2. The maximum absolute atomic E-state index is 10.6. The number of carboxylic acids is 1. The van der Waals surface area contributed by atoms with Gasteiger partial charge in [0.1, 0.15) is 18.1 Å². The molecule has 0 fully saturated rings. The van der Waals surface area contributed by atoms with E-state index in [1.165, 1.54) is 0 Å². The molecule has 0 aromatic carbocycles. The van der Waals surface area contributed by atoms with Gasteiger partial charge >= 0.3 is 5.97 Å². The van der Waals surface area contributed by atoms with Crippen molar-refractivity contribution in [2.75, 3.05) is 17.2 Å². The lowest BCUT2D eigenvalue weighted by molar-refractivity contribution is -0.136. The summed E-state index contributed by atoms with van der Waals surface area (Å²) in [4.78, 5) is 18.9. The van der Waals surface area contributed by atoms with Crippen molar-refractivity contribution in [2.24, 2.45) is 0 Å². The summed E-state index contributed by atoms with van der Waals surface area (Å²) < 4.78 is 0. The van der Waals surface area contributed by atoms with Crippen molar-refractivity contribution in [3.63, 3.8) is 0 Å². The van der Waals surface area contributed by atoms with E-state index in [0.717, 1.165) is 35.6 Å². The first-order valence-electron chi connectivity index (χ1n) is 5.10. The molecule has 2 heterocycles. The standard InChI is InChI=1S/C10H13N3O2S/c11-10-6-1-3-16-4-2-7(6)12-8(13-10)5-9(14)15/h1-5H2,(H,14,15)(H2,11,12,13). The highest BCUT2D eigenvalue weighted by molar-refractivity contribution is 7.99. The van der Waals surface area contributed by atoms with Crippen molar-refractivity contribution >= 4 is 23.5 Å². The molecule has 16 heavy (non-hydrogen) atoms. The minimum absolute atomic E-state index is 0.162. The van der Waals surface area contributed by atoms with Gasteiger partial charge in [-0.25, -0.2) is 9.97 Å². The molecule has 5 nitrogen and oxygen atoms in total. The van der Waals surface area contributed by atoms with Gasteiger partial charge in [0.05, 0.1) is 5.69 Å². The van der Waals surface area contributed by atoms with Crippen LogP contribution in [0.15, 0.2) is 0 Å². The summed E-state index contributed by atoms with van der Waals surface area (Å²) in [7, 11) is 0. The Morgan fingerprint density at radius 3 is 2.88 bits per heavy atom. The van der Waals surface area contributed by atoms with Gasteiger partial charge in [0, 0.05) is 5.56 Å². The highest BCUT2D eigenvalue weighted by Gasteiger charge is 2.16. The van der Waals surface area contributed by atoms with Crippen LogP contribution < -0.4 is 5.73 Å². The molecule has 3 N–H and O–H groups in total. The SMILES string of the molecule is Nc1nc(CC(=O)O)nc2c1CCSCC2. The number of fused-ring (bicyclic) bond motifs is 1. The molecule has 0 amide bonds. The molecule has 0 atom stereocenters. The molecular weight excluding hydrogens is 226 g/mol. The number of hydrogen-bond acceptors (Lipinski definition) is 5. The highest BCUT2D eigenvalue weighted by Crippen LogP contribution is 2.22. The van der Waals surface area contributed by atoms with E-state index in [-0.39, 0.29) is 6.42 Å². The number of thioether (sulfide) groups is 1. The molecule has 1 aliphatic heterocycles. The number of nitrogen functional groups attached to an aromatic ring is 1. The Hall–Kier alpha value is -1.30. The maximum Gasteiger partial charge on any atom is 0.311 e. The van der Waals surface area contributed by atoms with Gasteiger partial charge in [-0.05, 0) is 24.3 Å². The van der Waals surface area contributed by atoms with E-state index in [4.69, 9.17) is 10.8 Å². The molecule has 0 aliphatic carbocycles. The van der Waals surface area contributed by atoms with Crippen molar-refractivity contribution < 1.29 is 9.90 Å². The largest absolute Gasteiger partial charge is 0.481 e. The third-order valence-electron chi connectivity index (χ3n) is 2.46. The van der Waals surface area contributed by atoms with Gasteiger partial charge in [0.25, 0.3) is 0 Å². The molecule has 6 heteroatoms. The first-order valence-corrected chi connectivity index (χ1v) is 6.26. The average molecular weight is 239 g/mol. The van der Waals surface area contributed by atoms with Crippen LogP contribution >= 0.6 is 11.8 Å². The lowest BCUT2D eigenvalue weighted by atomic mass is 10.1. The number of anilines is 1. The summed E-state index contributed by atoms with van der Waals surface area (Å²) in [6.45, 7) is 0. The van der Waals surface area contributed by atoms with Crippen molar-refractivity contribution in [1.82, 2.24) is 9.97 Å². The van der Waals surface area contributed by atoms with Crippen LogP contribution in [0, 0.1) is 0 Å². The van der Waals surface area contributed by atoms with Crippen molar-refractivity contribution in [2.45, 2.75) is 19.3 Å². The Morgan fingerprint density at radius 2 is 2.12 bits per heavy atom. The van der Waals surface area contributed by atoms with Gasteiger partial charge in [-0.1, -0.05) is 0 Å². The minimum atomic E-state index is -0.928. The number of aliphatic carboxylic acids is 1. The number of carboxylic acid groups (broad SMARTS) is 1. The second-order valence-electron chi connectivity index (χ2n) is 3.63. The zero-order chi connectivity index (χ0) is 11.5. The molecule has 0 saturated carbocycles. The van der Waals surface area contributed by atoms with Crippen LogP contribution in [-0.2, 0) is 24.1 Å². The van der Waals surface area contributed by atoms with Gasteiger partial charge in [-0.15, -0.1) is 0 Å². The lowest BCUT2D eigenvalue weighted by Crippen LogP contribution is -2.12. The zero-order valence-corrected chi connectivity index (χ0v) is 9.59. The summed E-state index contributed by atoms with van der Waals surface area (Å²) in [5, 5.41) is 8.69. The highest BCUT2D eigenvalue weighted by atomic mass is 32.2. The molecule has 0 spiro atoms. The van der Waals surface area contributed by atoms with Crippen LogP contribution in [0.1, 0.15) is 17.1 Å². The van der Waals surface area contributed by atoms with E-state index in [0.29, 0.717) is 11.6 Å².